The summed E-state index contributed by atoms with van der Waals surface area (Å²) in [6.07, 6.45) is 0.0594. The first-order chi connectivity index (χ1) is 18.5. The van der Waals surface area contributed by atoms with Crippen LogP contribution in [0.1, 0.15) is 40.2 Å². The lowest BCUT2D eigenvalue weighted by molar-refractivity contribution is -0.142. The van der Waals surface area contributed by atoms with E-state index in [1.54, 1.807) is 39.2 Å². The van der Waals surface area contributed by atoms with Crippen molar-refractivity contribution in [3.05, 3.63) is 82.2 Å². The average Bonchev–Trinajstić information content (AvgIpc) is 3.30. The van der Waals surface area contributed by atoms with Gasteiger partial charge in [0.2, 0.25) is 0 Å². The quantitative estimate of drug-likeness (QED) is 0.240. The van der Waals surface area contributed by atoms with E-state index in [4.69, 9.17) is 24.7 Å². The Morgan fingerprint density at radius 2 is 1.71 bits per heavy atom. The number of esters is 2. The first kappa shape index (κ1) is 27.2. The van der Waals surface area contributed by atoms with Gasteiger partial charge in [-0.2, -0.15) is 0 Å². The van der Waals surface area contributed by atoms with Crippen LogP contribution in [0, 0.1) is 0 Å². The lowest BCUT2D eigenvalue weighted by atomic mass is 10.0. The zero-order chi connectivity index (χ0) is 27.1. The summed E-state index contributed by atoms with van der Waals surface area (Å²) in [7, 11) is 1.57. The van der Waals surface area contributed by atoms with Gasteiger partial charge in [0.25, 0.3) is 0 Å². The van der Waals surface area contributed by atoms with Crippen LogP contribution in [0.25, 0.3) is 21.2 Å². The molecule has 0 aliphatic rings. The molecule has 2 N–H and O–H groups in total. The molecule has 38 heavy (non-hydrogen) atoms. The van der Waals surface area contributed by atoms with Gasteiger partial charge in [-0.05, 0) is 54.8 Å². The molecule has 0 amide bonds. The number of hydrogen-bond donors (Lipinski definition) is 1. The van der Waals surface area contributed by atoms with Crippen molar-refractivity contribution in [3.63, 3.8) is 0 Å². The number of methoxy groups -OCH3 is 1. The largest absolute Gasteiger partial charge is 0.497 e. The molecule has 7 nitrogen and oxygen atoms in total. The van der Waals surface area contributed by atoms with Crippen LogP contribution in [0.2, 0.25) is 0 Å². The van der Waals surface area contributed by atoms with Crippen LogP contribution in [-0.4, -0.2) is 32.3 Å². The molecule has 0 saturated heterocycles. The Kier molecular flexibility index (Phi) is 8.99. The minimum Gasteiger partial charge on any atom is -0.497 e. The summed E-state index contributed by atoms with van der Waals surface area (Å²) in [5.74, 6) is 0.338. The fraction of sp³-hybridized carbons (Fsp3) is 0.267. The normalized spacial score (nSPS) is 10.8. The molecule has 1 heterocycles. The molecule has 4 rings (SSSR count). The van der Waals surface area contributed by atoms with E-state index in [-0.39, 0.29) is 25.6 Å². The van der Waals surface area contributed by atoms with Crippen LogP contribution in [0.4, 0.5) is 0 Å². The van der Waals surface area contributed by atoms with Gasteiger partial charge in [0.15, 0.2) is 0 Å². The second-order valence-corrected chi connectivity index (χ2v) is 9.54. The van der Waals surface area contributed by atoms with Crippen LogP contribution in [0.15, 0.2) is 60.7 Å². The third-order valence-corrected chi connectivity index (χ3v) is 7.23. The smallest absolute Gasteiger partial charge is 0.348 e. The van der Waals surface area contributed by atoms with E-state index in [0.717, 1.165) is 32.3 Å². The summed E-state index contributed by atoms with van der Waals surface area (Å²) in [6, 6.07) is 19.5. The predicted molar refractivity (Wildman–Crippen MR) is 149 cm³/mol. The summed E-state index contributed by atoms with van der Waals surface area (Å²) in [5.41, 5.74) is 10.3. The lowest BCUT2D eigenvalue weighted by Gasteiger charge is -2.14. The summed E-state index contributed by atoms with van der Waals surface area (Å²) < 4.78 is 23.1. The first-order valence-electron chi connectivity index (χ1n) is 12.4. The molecule has 8 heteroatoms. The predicted octanol–water partition coefficient (Wildman–Crippen LogP) is 5.90. The van der Waals surface area contributed by atoms with Gasteiger partial charge in [0.05, 0.1) is 26.7 Å². The highest BCUT2D eigenvalue weighted by atomic mass is 32.1. The molecule has 4 aromatic rings. The monoisotopic (exact) mass is 533 g/mol. The molecular formula is C30H31NO6S. The van der Waals surface area contributed by atoms with E-state index in [1.165, 1.54) is 11.3 Å². The third kappa shape index (κ3) is 6.15. The van der Waals surface area contributed by atoms with E-state index in [0.29, 0.717) is 35.1 Å². The summed E-state index contributed by atoms with van der Waals surface area (Å²) in [5, 5.41) is 0.906. The Balaban J connectivity index is 1.74. The Bertz CT molecular complexity index is 1440. The van der Waals surface area contributed by atoms with Gasteiger partial charge in [-0.1, -0.05) is 30.3 Å². The standard InChI is InChI=1S/C30H31NO6S/c1-4-35-28(32)15-22-9-11-23(34-3)16-26(22)37-18-25-24-14-21(20-8-6-7-19(13-20)17-31)10-12-27(24)38-29(25)30(33)36-5-2/h6-14,16H,4-5,15,17-18,31H2,1-3H3. The van der Waals surface area contributed by atoms with Gasteiger partial charge >= 0.3 is 11.9 Å². The molecule has 0 aliphatic carbocycles. The van der Waals surface area contributed by atoms with Gasteiger partial charge in [-0.15, -0.1) is 11.3 Å². The van der Waals surface area contributed by atoms with Gasteiger partial charge in [-0.25, -0.2) is 4.79 Å². The molecule has 0 spiro atoms. The Hall–Kier alpha value is -3.88. The van der Waals surface area contributed by atoms with Gasteiger partial charge in [-0.3, -0.25) is 4.79 Å². The second kappa shape index (κ2) is 12.6. The van der Waals surface area contributed by atoms with Crippen LogP contribution in [0.5, 0.6) is 11.5 Å². The van der Waals surface area contributed by atoms with Crippen LogP contribution in [0.3, 0.4) is 0 Å². The van der Waals surface area contributed by atoms with Crippen molar-refractivity contribution in [1.29, 1.82) is 0 Å². The highest BCUT2D eigenvalue weighted by Crippen LogP contribution is 2.37. The summed E-state index contributed by atoms with van der Waals surface area (Å²) >= 11 is 1.37. The van der Waals surface area contributed by atoms with Crippen molar-refractivity contribution < 1.29 is 28.5 Å². The van der Waals surface area contributed by atoms with Crippen molar-refractivity contribution in [2.45, 2.75) is 33.4 Å². The van der Waals surface area contributed by atoms with Crippen molar-refractivity contribution >= 4 is 33.4 Å². The fourth-order valence-corrected chi connectivity index (χ4v) is 5.25. The SMILES string of the molecule is CCOC(=O)Cc1ccc(OC)cc1OCc1c(C(=O)OCC)sc2ccc(-c3cccc(CN)c3)cc12. The maximum Gasteiger partial charge on any atom is 0.348 e. The number of carbonyl (C=O) groups excluding carboxylic acids is 2. The number of nitrogens with two attached hydrogens (primary N) is 1. The van der Waals surface area contributed by atoms with E-state index in [9.17, 15) is 9.59 Å². The van der Waals surface area contributed by atoms with Crippen LogP contribution < -0.4 is 15.2 Å². The minimum absolute atomic E-state index is 0.0594. The van der Waals surface area contributed by atoms with Crippen molar-refractivity contribution in [3.8, 4) is 22.6 Å². The van der Waals surface area contributed by atoms with Crippen LogP contribution >= 0.6 is 11.3 Å². The Morgan fingerprint density at radius 3 is 2.45 bits per heavy atom. The average molecular weight is 534 g/mol. The number of fused-ring (bicyclic) bond motifs is 1. The number of hydrogen-bond acceptors (Lipinski definition) is 8. The highest BCUT2D eigenvalue weighted by Gasteiger charge is 2.22. The molecule has 0 saturated carbocycles. The van der Waals surface area contributed by atoms with Crippen molar-refractivity contribution in [1.82, 2.24) is 0 Å². The van der Waals surface area contributed by atoms with E-state index in [2.05, 4.69) is 12.1 Å². The number of carbonyl (C=O) groups is 2. The van der Waals surface area contributed by atoms with E-state index < -0.39 is 5.97 Å². The molecule has 0 atom stereocenters. The van der Waals surface area contributed by atoms with Crippen LogP contribution in [-0.2, 0) is 33.8 Å². The van der Waals surface area contributed by atoms with E-state index >= 15 is 0 Å². The van der Waals surface area contributed by atoms with E-state index in [1.807, 2.05) is 30.3 Å². The number of ether oxygens (including phenoxy) is 4. The van der Waals surface area contributed by atoms with Crippen molar-refractivity contribution in [2.24, 2.45) is 5.73 Å². The number of thiophene rings is 1. The van der Waals surface area contributed by atoms with Gasteiger partial charge < -0.3 is 24.7 Å². The maximum atomic E-state index is 12.9. The molecule has 0 fully saturated rings. The number of benzene rings is 3. The molecular weight excluding hydrogens is 502 g/mol. The first-order valence-corrected chi connectivity index (χ1v) is 13.3. The third-order valence-electron chi connectivity index (χ3n) is 6.03. The molecule has 0 unspecified atom stereocenters. The molecule has 1 aromatic heterocycles. The number of rotatable bonds is 11. The molecule has 3 aromatic carbocycles. The van der Waals surface area contributed by atoms with Gasteiger partial charge in [0, 0.05) is 33.8 Å². The summed E-state index contributed by atoms with van der Waals surface area (Å²) in [6.45, 7) is 4.67. The molecule has 0 bridgehead atoms. The Morgan fingerprint density at radius 1 is 0.921 bits per heavy atom. The van der Waals surface area contributed by atoms with Gasteiger partial charge in [0.1, 0.15) is 23.0 Å². The lowest BCUT2D eigenvalue weighted by Crippen LogP contribution is -2.10. The maximum absolute atomic E-state index is 12.9. The molecule has 198 valence electrons. The molecule has 0 aliphatic heterocycles. The summed E-state index contributed by atoms with van der Waals surface area (Å²) in [4.78, 5) is 25.6. The topological polar surface area (TPSA) is 97.1 Å². The zero-order valence-electron chi connectivity index (χ0n) is 21.7. The Labute approximate surface area is 226 Å². The molecule has 0 radical (unpaired) electrons. The fourth-order valence-electron chi connectivity index (χ4n) is 4.17. The highest BCUT2D eigenvalue weighted by molar-refractivity contribution is 7.21. The zero-order valence-corrected chi connectivity index (χ0v) is 22.6. The minimum atomic E-state index is -0.392. The second-order valence-electron chi connectivity index (χ2n) is 8.49. The van der Waals surface area contributed by atoms with Crippen molar-refractivity contribution in [2.75, 3.05) is 20.3 Å².